The molecule has 80 valence electrons. The first-order valence-corrected chi connectivity index (χ1v) is 5.06. The number of ether oxygens (including phenoxy) is 1. The van der Waals surface area contributed by atoms with Gasteiger partial charge < -0.3 is 4.74 Å². The van der Waals surface area contributed by atoms with Crippen molar-refractivity contribution >= 4 is 10.9 Å². The van der Waals surface area contributed by atoms with Crippen molar-refractivity contribution in [1.82, 2.24) is 9.97 Å². The Morgan fingerprint density at radius 2 is 2.00 bits per heavy atom. The molecule has 0 fully saturated rings. The molecule has 0 spiro atoms. The summed E-state index contributed by atoms with van der Waals surface area (Å²) in [6.45, 7) is 5.95. The quantitative estimate of drug-likeness (QED) is 0.716. The molecule has 0 saturated carbocycles. The molecule has 0 radical (unpaired) electrons. The summed E-state index contributed by atoms with van der Waals surface area (Å²) >= 11 is 0. The van der Waals surface area contributed by atoms with E-state index in [4.69, 9.17) is 4.74 Å². The minimum absolute atomic E-state index is 0.829. The zero-order valence-corrected chi connectivity index (χ0v) is 9.61. The first kappa shape index (κ1) is 11.4. The van der Waals surface area contributed by atoms with Crippen molar-refractivity contribution in [2.75, 3.05) is 7.11 Å². The molecule has 0 N–H and O–H groups in total. The number of aryl methyl sites for hydroxylation is 1. The van der Waals surface area contributed by atoms with E-state index in [1.165, 1.54) is 0 Å². The summed E-state index contributed by atoms with van der Waals surface area (Å²) in [6.07, 6.45) is 3.49. The van der Waals surface area contributed by atoms with Gasteiger partial charge in [0.2, 0.25) is 0 Å². The Balaban J connectivity index is 0.000000531. The Morgan fingerprint density at radius 1 is 1.27 bits per heavy atom. The van der Waals surface area contributed by atoms with Gasteiger partial charge in [-0.2, -0.15) is 0 Å². The van der Waals surface area contributed by atoms with Gasteiger partial charge in [-0.25, -0.2) is 0 Å². The van der Waals surface area contributed by atoms with E-state index in [1.807, 2.05) is 32.9 Å². The number of aromatic nitrogens is 2. The summed E-state index contributed by atoms with van der Waals surface area (Å²) in [5.74, 6) is 0.829. The summed E-state index contributed by atoms with van der Waals surface area (Å²) in [6, 6.07) is 3.79. The molecule has 2 heterocycles. The second kappa shape index (κ2) is 5.29. The lowest BCUT2D eigenvalue weighted by Gasteiger charge is -2.04. The normalized spacial score (nSPS) is 9.33. The van der Waals surface area contributed by atoms with Crippen LogP contribution in [0.25, 0.3) is 10.9 Å². The molecule has 2 rings (SSSR count). The van der Waals surface area contributed by atoms with Gasteiger partial charge in [0.1, 0.15) is 5.75 Å². The maximum absolute atomic E-state index is 5.23. The van der Waals surface area contributed by atoms with Crippen molar-refractivity contribution in [2.45, 2.75) is 20.8 Å². The van der Waals surface area contributed by atoms with Crippen molar-refractivity contribution in [3.63, 3.8) is 0 Å². The number of hydrogen-bond donors (Lipinski definition) is 0. The van der Waals surface area contributed by atoms with Crippen molar-refractivity contribution in [1.29, 1.82) is 0 Å². The number of fused-ring (bicyclic) bond motifs is 1. The van der Waals surface area contributed by atoms with Gasteiger partial charge in [-0.1, -0.05) is 13.8 Å². The van der Waals surface area contributed by atoms with Crippen LogP contribution in [0, 0.1) is 6.92 Å². The average molecular weight is 204 g/mol. The minimum Gasteiger partial charge on any atom is -0.496 e. The van der Waals surface area contributed by atoms with Gasteiger partial charge in [-0.3, -0.25) is 9.97 Å². The molecular weight excluding hydrogens is 188 g/mol. The van der Waals surface area contributed by atoms with E-state index in [0.29, 0.717) is 0 Å². The van der Waals surface area contributed by atoms with Crippen LogP contribution < -0.4 is 4.74 Å². The standard InChI is InChI=1S/C10H10N2O.C2H6/c1-7-5-10(13-2)8-6-11-4-3-9(8)12-7;1-2/h3-6H,1-2H3;1-2H3. The maximum atomic E-state index is 5.23. The van der Waals surface area contributed by atoms with E-state index in [-0.39, 0.29) is 0 Å². The van der Waals surface area contributed by atoms with Crippen LogP contribution in [-0.4, -0.2) is 17.1 Å². The Hall–Kier alpha value is -1.64. The highest BCUT2D eigenvalue weighted by atomic mass is 16.5. The molecule has 0 saturated heterocycles. The Kier molecular flexibility index (Phi) is 4.03. The third kappa shape index (κ3) is 2.43. The molecule has 15 heavy (non-hydrogen) atoms. The van der Waals surface area contributed by atoms with E-state index in [1.54, 1.807) is 19.5 Å². The Morgan fingerprint density at radius 3 is 2.67 bits per heavy atom. The molecule has 3 nitrogen and oxygen atoms in total. The second-order valence-electron chi connectivity index (χ2n) is 2.86. The third-order valence-corrected chi connectivity index (χ3v) is 1.92. The van der Waals surface area contributed by atoms with Crippen molar-refractivity contribution in [3.05, 3.63) is 30.2 Å². The first-order chi connectivity index (χ1) is 7.31. The molecule has 3 heteroatoms. The van der Waals surface area contributed by atoms with Crippen LogP contribution in [0.3, 0.4) is 0 Å². The fourth-order valence-corrected chi connectivity index (χ4v) is 1.33. The summed E-state index contributed by atoms with van der Waals surface area (Å²) in [5.41, 5.74) is 1.88. The number of hydrogen-bond acceptors (Lipinski definition) is 3. The molecule has 0 bridgehead atoms. The van der Waals surface area contributed by atoms with Crippen LogP contribution >= 0.6 is 0 Å². The molecule has 2 aromatic heterocycles. The lowest BCUT2D eigenvalue weighted by molar-refractivity contribution is 0.419. The van der Waals surface area contributed by atoms with Gasteiger partial charge in [0.25, 0.3) is 0 Å². The molecule has 0 aliphatic carbocycles. The maximum Gasteiger partial charge on any atom is 0.131 e. The van der Waals surface area contributed by atoms with E-state index in [9.17, 15) is 0 Å². The molecule has 0 aliphatic heterocycles. The van der Waals surface area contributed by atoms with Gasteiger partial charge in [0, 0.05) is 24.2 Å². The molecular formula is C12H16N2O. The summed E-state index contributed by atoms with van der Waals surface area (Å²) in [5, 5.41) is 0.954. The number of nitrogens with zero attached hydrogens (tertiary/aromatic N) is 2. The van der Waals surface area contributed by atoms with Crippen LogP contribution in [0.5, 0.6) is 5.75 Å². The van der Waals surface area contributed by atoms with Crippen LogP contribution in [0.15, 0.2) is 24.5 Å². The molecule has 0 aliphatic rings. The zero-order valence-electron chi connectivity index (χ0n) is 9.61. The lowest BCUT2D eigenvalue weighted by atomic mass is 10.2. The smallest absolute Gasteiger partial charge is 0.131 e. The van der Waals surface area contributed by atoms with Crippen LogP contribution in [-0.2, 0) is 0 Å². The highest BCUT2D eigenvalue weighted by Gasteiger charge is 2.02. The van der Waals surface area contributed by atoms with Gasteiger partial charge in [-0.15, -0.1) is 0 Å². The zero-order chi connectivity index (χ0) is 11.3. The van der Waals surface area contributed by atoms with Gasteiger partial charge in [-0.05, 0) is 13.0 Å². The number of rotatable bonds is 1. The van der Waals surface area contributed by atoms with E-state index in [0.717, 1.165) is 22.3 Å². The Bertz CT molecular complexity index is 441. The van der Waals surface area contributed by atoms with Gasteiger partial charge in [0.05, 0.1) is 18.0 Å². The Labute approximate surface area is 90.1 Å². The minimum atomic E-state index is 0.829. The summed E-state index contributed by atoms with van der Waals surface area (Å²) in [7, 11) is 1.65. The van der Waals surface area contributed by atoms with Crippen LogP contribution in [0.4, 0.5) is 0 Å². The topological polar surface area (TPSA) is 35.0 Å². The third-order valence-electron chi connectivity index (χ3n) is 1.92. The van der Waals surface area contributed by atoms with Gasteiger partial charge in [0.15, 0.2) is 0 Å². The van der Waals surface area contributed by atoms with Crippen molar-refractivity contribution in [2.24, 2.45) is 0 Å². The van der Waals surface area contributed by atoms with E-state index < -0.39 is 0 Å². The molecule has 0 unspecified atom stereocenters. The van der Waals surface area contributed by atoms with Crippen LogP contribution in [0.1, 0.15) is 19.5 Å². The average Bonchev–Trinajstić information content (AvgIpc) is 2.30. The molecule has 2 aromatic rings. The summed E-state index contributed by atoms with van der Waals surface area (Å²) in [4.78, 5) is 8.40. The number of methoxy groups -OCH3 is 1. The summed E-state index contributed by atoms with van der Waals surface area (Å²) < 4.78 is 5.23. The van der Waals surface area contributed by atoms with Crippen LogP contribution in [0.2, 0.25) is 0 Å². The van der Waals surface area contributed by atoms with E-state index in [2.05, 4.69) is 9.97 Å². The predicted octanol–water partition coefficient (Wildman–Crippen LogP) is 2.97. The highest BCUT2D eigenvalue weighted by Crippen LogP contribution is 2.23. The highest BCUT2D eigenvalue weighted by molar-refractivity contribution is 5.84. The van der Waals surface area contributed by atoms with E-state index >= 15 is 0 Å². The largest absolute Gasteiger partial charge is 0.496 e. The molecule has 0 amide bonds. The fourth-order valence-electron chi connectivity index (χ4n) is 1.33. The first-order valence-electron chi connectivity index (χ1n) is 5.06. The molecule has 0 aromatic carbocycles. The van der Waals surface area contributed by atoms with Crippen molar-refractivity contribution in [3.8, 4) is 5.75 Å². The second-order valence-corrected chi connectivity index (χ2v) is 2.86. The number of pyridine rings is 2. The predicted molar refractivity (Wildman–Crippen MR) is 62.2 cm³/mol. The fraction of sp³-hybridized carbons (Fsp3) is 0.333. The SMILES string of the molecule is CC.COc1cc(C)nc2ccncc12. The molecule has 0 atom stereocenters. The monoisotopic (exact) mass is 204 g/mol. The van der Waals surface area contributed by atoms with Gasteiger partial charge >= 0.3 is 0 Å². The van der Waals surface area contributed by atoms with Crippen molar-refractivity contribution < 1.29 is 4.74 Å². The lowest BCUT2D eigenvalue weighted by Crippen LogP contribution is -1.90.